The van der Waals surface area contributed by atoms with E-state index in [1.807, 2.05) is 0 Å². The van der Waals surface area contributed by atoms with Crippen molar-refractivity contribution in [2.45, 2.75) is 30.5 Å². The van der Waals surface area contributed by atoms with E-state index in [9.17, 15) is 35.2 Å². The molecular weight excluding hydrogens is 499 g/mol. The molecule has 0 amide bonds. The van der Waals surface area contributed by atoms with Crippen molar-refractivity contribution in [3.63, 3.8) is 0 Å². The Labute approximate surface area is 193 Å². The molecule has 0 N–H and O–H groups in total. The van der Waals surface area contributed by atoms with Crippen LogP contribution < -0.4 is 5.56 Å². The molecule has 4 heterocycles. The largest absolute Gasteiger partial charge is 0.455 e. The lowest BCUT2D eigenvalue weighted by Crippen LogP contribution is -2.42. The standard InChI is InChI=1S/C20H15F5N6O3S/c1-2-35(33,34)15-4-5-16(31-27-7-8-28-31)29-18(15)13-9-12-3-6-17(32)30(14(12)10-26-13)11-19(21,22)20(23,24)25/h3-10H,2,11H2,1H3. The second-order valence-electron chi connectivity index (χ2n) is 7.33. The molecule has 0 aliphatic heterocycles. The van der Waals surface area contributed by atoms with E-state index in [1.165, 1.54) is 43.6 Å². The molecule has 0 unspecified atom stereocenters. The zero-order chi connectivity index (χ0) is 25.6. The van der Waals surface area contributed by atoms with Crippen molar-refractivity contribution >= 4 is 20.7 Å². The maximum absolute atomic E-state index is 13.7. The number of halogens is 5. The van der Waals surface area contributed by atoms with E-state index in [2.05, 4.69) is 20.2 Å². The van der Waals surface area contributed by atoms with Crippen molar-refractivity contribution in [1.29, 1.82) is 0 Å². The maximum Gasteiger partial charge on any atom is 0.455 e. The van der Waals surface area contributed by atoms with Gasteiger partial charge in [0.15, 0.2) is 15.7 Å². The predicted molar refractivity (Wildman–Crippen MR) is 113 cm³/mol. The summed E-state index contributed by atoms with van der Waals surface area (Å²) in [7, 11) is -3.80. The van der Waals surface area contributed by atoms with E-state index in [4.69, 9.17) is 0 Å². The highest BCUT2D eigenvalue weighted by atomic mass is 32.2. The fourth-order valence-corrected chi connectivity index (χ4v) is 4.28. The molecule has 0 saturated heterocycles. The van der Waals surface area contributed by atoms with Gasteiger partial charge in [0.05, 0.1) is 47.0 Å². The fraction of sp³-hybridized carbons (Fsp3) is 0.250. The second-order valence-corrected chi connectivity index (χ2v) is 9.57. The van der Waals surface area contributed by atoms with E-state index in [0.29, 0.717) is 0 Å². The Hall–Kier alpha value is -3.75. The Morgan fingerprint density at radius 3 is 2.31 bits per heavy atom. The average molecular weight is 514 g/mol. The van der Waals surface area contributed by atoms with Gasteiger partial charge in [0.2, 0.25) is 0 Å². The molecule has 0 spiro atoms. The van der Waals surface area contributed by atoms with Gasteiger partial charge in [0.1, 0.15) is 5.69 Å². The van der Waals surface area contributed by atoms with E-state index < -0.39 is 34.0 Å². The highest BCUT2D eigenvalue weighted by Crippen LogP contribution is 2.37. The summed E-state index contributed by atoms with van der Waals surface area (Å²) in [6, 6.07) is 5.95. The Kier molecular flexibility index (Phi) is 5.91. The number of sulfone groups is 1. The molecule has 0 aromatic carbocycles. The van der Waals surface area contributed by atoms with E-state index >= 15 is 0 Å². The van der Waals surface area contributed by atoms with Crippen LogP contribution in [0.1, 0.15) is 6.92 Å². The molecule has 0 bridgehead atoms. The summed E-state index contributed by atoms with van der Waals surface area (Å²) in [5.74, 6) is -5.28. The number of hydrogen-bond donors (Lipinski definition) is 0. The first kappa shape index (κ1) is 24.4. The van der Waals surface area contributed by atoms with Gasteiger partial charge >= 0.3 is 12.1 Å². The summed E-state index contributed by atoms with van der Waals surface area (Å²) in [5, 5.41) is 7.93. The lowest BCUT2D eigenvalue weighted by Gasteiger charge is -2.21. The molecule has 4 rings (SSSR count). The number of alkyl halides is 5. The van der Waals surface area contributed by atoms with Crippen LogP contribution in [0.4, 0.5) is 22.0 Å². The Balaban J connectivity index is 1.91. The molecule has 0 aliphatic rings. The molecule has 184 valence electrons. The van der Waals surface area contributed by atoms with Crippen LogP contribution in [0.5, 0.6) is 0 Å². The Morgan fingerprint density at radius 1 is 1.00 bits per heavy atom. The van der Waals surface area contributed by atoms with Gasteiger partial charge in [-0.1, -0.05) is 6.92 Å². The molecule has 15 heteroatoms. The third-order valence-electron chi connectivity index (χ3n) is 5.07. The molecular formula is C20H15F5N6O3S. The lowest BCUT2D eigenvalue weighted by atomic mass is 10.1. The number of fused-ring (bicyclic) bond motifs is 1. The van der Waals surface area contributed by atoms with Gasteiger partial charge in [0.25, 0.3) is 5.56 Å². The smallest absolute Gasteiger partial charge is 0.300 e. The summed E-state index contributed by atoms with van der Waals surface area (Å²) in [6.45, 7) is -0.517. The Morgan fingerprint density at radius 2 is 1.69 bits per heavy atom. The Bertz CT molecular complexity index is 1570. The number of nitrogens with zero attached hydrogens (tertiary/aromatic N) is 6. The number of rotatable bonds is 6. The third kappa shape index (κ3) is 4.50. The lowest BCUT2D eigenvalue weighted by molar-refractivity contribution is -0.286. The van der Waals surface area contributed by atoms with Crippen LogP contribution in [0.2, 0.25) is 0 Å². The van der Waals surface area contributed by atoms with Gasteiger partial charge in [-0.15, -0.1) is 4.80 Å². The van der Waals surface area contributed by atoms with Crippen LogP contribution in [0.3, 0.4) is 0 Å². The van der Waals surface area contributed by atoms with Crippen molar-refractivity contribution in [1.82, 2.24) is 29.5 Å². The highest BCUT2D eigenvalue weighted by Gasteiger charge is 2.57. The minimum absolute atomic E-state index is 0.0219. The van der Waals surface area contributed by atoms with Crippen molar-refractivity contribution < 1.29 is 30.4 Å². The predicted octanol–water partition coefficient (Wildman–Crippen LogP) is 3.03. The minimum atomic E-state index is -5.86. The maximum atomic E-state index is 13.7. The quantitative estimate of drug-likeness (QED) is 0.364. The molecule has 0 atom stereocenters. The first-order chi connectivity index (χ1) is 16.3. The van der Waals surface area contributed by atoms with Gasteiger partial charge in [0, 0.05) is 11.5 Å². The molecule has 0 saturated carbocycles. The molecule has 4 aromatic heterocycles. The minimum Gasteiger partial charge on any atom is -0.300 e. The topological polar surface area (TPSA) is 113 Å². The van der Waals surface area contributed by atoms with Crippen molar-refractivity contribution in [3.8, 4) is 17.2 Å². The van der Waals surface area contributed by atoms with E-state index in [0.717, 1.165) is 17.1 Å². The molecule has 0 radical (unpaired) electrons. The van der Waals surface area contributed by atoms with Gasteiger partial charge in [-0.25, -0.2) is 13.4 Å². The summed E-state index contributed by atoms with van der Waals surface area (Å²) < 4.78 is 91.1. The van der Waals surface area contributed by atoms with Crippen molar-refractivity contribution in [2.75, 3.05) is 5.75 Å². The molecule has 0 aliphatic carbocycles. The van der Waals surface area contributed by atoms with Crippen LogP contribution in [0.25, 0.3) is 28.1 Å². The monoisotopic (exact) mass is 514 g/mol. The van der Waals surface area contributed by atoms with E-state index in [-0.39, 0.29) is 43.3 Å². The van der Waals surface area contributed by atoms with Gasteiger partial charge in [-0.2, -0.15) is 32.1 Å². The summed E-state index contributed by atoms with van der Waals surface area (Å²) in [6.07, 6.45) is -2.19. The molecule has 0 fully saturated rings. The SMILES string of the molecule is CCS(=O)(=O)c1ccc(-n2nccn2)nc1-c1cc2ccc(=O)n(CC(F)(F)C(F)(F)F)c2cn1. The first-order valence-electron chi connectivity index (χ1n) is 9.89. The van der Waals surface area contributed by atoms with Crippen LogP contribution in [0.15, 0.2) is 58.6 Å². The molecule has 9 nitrogen and oxygen atoms in total. The number of pyridine rings is 3. The van der Waals surface area contributed by atoms with Crippen LogP contribution in [-0.4, -0.2) is 55.8 Å². The second kappa shape index (κ2) is 8.48. The number of hydrogen-bond acceptors (Lipinski definition) is 7. The zero-order valence-corrected chi connectivity index (χ0v) is 18.6. The van der Waals surface area contributed by atoms with Crippen molar-refractivity contribution in [2.24, 2.45) is 0 Å². The van der Waals surface area contributed by atoms with Crippen LogP contribution in [-0.2, 0) is 16.4 Å². The van der Waals surface area contributed by atoms with Gasteiger partial charge in [-0.05, 0) is 24.3 Å². The van der Waals surface area contributed by atoms with E-state index in [1.54, 1.807) is 0 Å². The fourth-order valence-electron chi connectivity index (χ4n) is 3.24. The zero-order valence-electron chi connectivity index (χ0n) is 17.7. The first-order valence-corrected chi connectivity index (χ1v) is 11.5. The van der Waals surface area contributed by atoms with Gasteiger partial charge in [-0.3, -0.25) is 9.78 Å². The molecule has 4 aromatic rings. The summed E-state index contributed by atoms with van der Waals surface area (Å²) >= 11 is 0. The van der Waals surface area contributed by atoms with Crippen molar-refractivity contribution in [3.05, 3.63) is 59.3 Å². The summed E-state index contributed by atoms with van der Waals surface area (Å²) in [4.78, 5) is 21.4. The normalized spacial score (nSPS) is 12.9. The average Bonchev–Trinajstić information content (AvgIpc) is 3.34. The number of aromatic nitrogens is 6. The highest BCUT2D eigenvalue weighted by molar-refractivity contribution is 7.91. The van der Waals surface area contributed by atoms with Crippen LogP contribution >= 0.6 is 0 Å². The molecule has 35 heavy (non-hydrogen) atoms. The third-order valence-corrected chi connectivity index (χ3v) is 6.83. The van der Waals surface area contributed by atoms with Crippen LogP contribution in [0, 0.1) is 0 Å². The summed E-state index contributed by atoms with van der Waals surface area (Å²) in [5.41, 5.74) is -1.52. The van der Waals surface area contributed by atoms with Gasteiger partial charge < -0.3 is 4.57 Å².